The summed E-state index contributed by atoms with van der Waals surface area (Å²) in [4.78, 5) is 23.8. The summed E-state index contributed by atoms with van der Waals surface area (Å²) in [6.07, 6.45) is -0.0283. The molecule has 0 spiro atoms. The zero-order valence-corrected chi connectivity index (χ0v) is 12.8. The van der Waals surface area contributed by atoms with E-state index in [1.165, 1.54) is 19.1 Å². The van der Waals surface area contributed by atoms with Crippen LogP contribution < -0.4 is 0 Å². The van der Waals surface area contributed by atoms with Crippen molar-refractivity contribution in [2.24, 2.45) is 5.92 Å². The minimum atomic E-state index is -0.879. The fraction of sp³-hybridized carbons (Fsp3) is 0.467. The first-order valence-electron chi connectivity index (χ1n) is 6.29. The SMILES string of the molecule is CC(C(=O)Cc1ccc(F)cc1Cl)C(=O)OC(C)(C)C. The Morgan fingerprint density at radius 1 is 1.35 bits per heavy atom. The number of carbonyl (C=O) groups is 2. The van der Waals surface area contributed by atoms with Gasteiger partial charge in [-0.1, -0.05) is 17.7 Å². The van der Waals surface area contributed by atoms with Crippen molar-refractivity contribution < 1.29 is 18.7 Å². The van der Waals surface area contributed by atoms with Crippen LogP contribution in [-0.2, 0) is 20.7 Å². The number of ether oxygens (including phenoxy) is 1. The maximum Gasteiger partial charge on any atom is 0.316 e. The van der Waals surface area contributed by atoms with E-state index in [4.69, 9.17) is 16.3 Å². The molecular weight excluding hydrogens is 283 g/mol. The van der Waals surface area contributed by atoms with E-state index < -0.39 is 23.3 Å². The Bertz CT molecular complexity index is 520. The lowest BCUT2D eigenvalue weighted by Crippen LogP contribution is -2.31. The van der Waals surface area contributed by atoms with Crippen molar-refractivity contribution in [3.8, 4) is 0 Å². The van der Waals surface area contributed by atoms with Crippen LogP contribution in [-0.4, -0.2) is 17.4 Å². The van der Waals surface area contributed by atoms with Crippen LogP contribution >= 0.6 is 11.6 Å². The highest BCUT2D eigenvalue weighted by atomic mass is 35.5. The molecule has 0 bridgehead atoms. The zero-order chi connectivity index (χ0) is 15.5. The van der Waals surface area contributed by atoms with Crippen LogP contribution in [0.25, 0.3) is 0 Å². The van der Waals surface area contributed by atoms with E-state index in [0.29, 0.717) is 5.56 Å². The number of ketones is 1. The minimum Gasteiger partial charge on any atom is -0.459 e. The summed E-state index contributed by atoms with van der Waals surface area (Å²) in [5, 5.41) is 0.176. The van der Waals surface area contributed by atoms with Crippen molar-refractivity contribution in [2.75, 3.05) is 0 Å². The second-order valence-corrected chi connectivity index (χ2v) is 6.04. The summed E-state index contributed by atoms with van der Waals surface area (Å²) in [6, 6.07) is 3.81. The van der Waals surface area contributed by atoms with Crippen LogP contribution in [0.3, 0.4) is 0 Å². The summed E-state index contributed by atoms with van der Waals surface area (Å²) in [6.45, 7) is 6.70. The number of esters is 1. The molecule has 110 valence electrons. The largest absolute Gasteiger partial charge is 0.459 e. The average molecular weight is 301 g/mol. The molecule has 5 heteroatoms. The molecule has 1 aromatic carbocycles. The summed E-state index contributed by atoms with van der Waals surface area (Å²) < 4.78 is 18.1. The lowest BCUT2D eigenvalue weighted by Gasteiger charge is -2.21. The van der Waals surface area contributed by atoms with Crippen molar-refractivity contribution in [1.29, 1.82) is 0 Å². The number of rotatable bonds is 4. The molecule has 0 N–H and O–H groups in total. The molecule has 0 heterocycles. The molecular formula is C15H18ClFO3. The molecule has 1 aromatic rings. The third-order valence-corrected chi connectivity index (χ3v) is 2.97. The second kappa shape index (κ2) is 6.35. The third-order valence-electron chi connectivity index (χ3n) is 2.62. The molecule has 1 atom stereocenters. The number of halogens is 2. The third kappa shape index (κ3) is 4.93. The second-order valence-electron chi connectivity index (χ2n) is 5.63. The van der Waals surface area contributed by atoms with Gasteiger partial charge < -0.3 is 4.74 Å². The van der Waals surface area contributed by atoms with E-state index in [9.17, 15) is 14.0 Å². The van der Waals surface area contributed by atoms with Gasteiger partial charge in [0, 0.05) is 11.4 Å². The van der Waals surface area contributed by atoms with Gasteiger partial charge in [-0.2, -0.15) is 0 Å². The van der Waals surface area contributed by atoms with E-state index in [-0.39, 0.29) is 17.2 Å². The van der Waals surface area contributed by atoms with E-state index in [2.05, 4.69) is 0 Å². The lowest BCUT2D eigenvalue weighted by molar-refractivity contribution is -0.161. The summed E-state index contributed by atoms with van der Waals surface area (Å²) in [5.74, 6) is -2.23. The number of hydrogen-bond donors (Lipinski definition) is 0. The van der Waals surface area contributed by atoms with Gasteiger partial charge in [0.1, 0.15) is 17.3 Å². The van der Waals surface area contributed by atoms with E-state index in [1.54, 1.807) is 20.8 Å². The first-order valence-corrected chi connectivity index (χ1v) is 6.67. The van der Waals surface area contributed by atoms with Gasteiger partial charge in [0.2, 0.25) is 0 Å². The maximum atomic E-state index is 12.9. The first-order chi connectivity index (χ1) is 9.10. The Kier molecular flexibility index (Phi) is 5.28. The van der Waals surface area contributed by atoms with Gasteiger partial charge in [-0.3, -0.25) is 9.59 Å². The van der Waals surface area contributed by atoms with Crippen molar-refractivity contribution in [3.05, 3.63) is 34.6 Å². The summed E-state index contributed by atoms with van der Waals surface area (Å²) in [5.41, 5.74) is -0.146. The van der Waals surface area contributed by atoms with Gasteiger partial charge in [-0.15, -0.1) is 0 Å². The number of benzene rings is 1. The standard InChI is InChI=1S/C15H18ClFO3/c1-9(14(19)20-15(2,3)4)13(18)7-10-5-6-11(17)8-12(10)16/h5-6,8-9H,7H2,1-4H3. The molecule has 1 unspecified atom stereocenters. The van der Waals surface area contributed by atoms with Crippen LogP contribution in [0.1, 0.15) is 33.3 Å². The fourth-order valence-electron chi connectivity index (χ4n) is 1.53. The Balaban J connectivity index is 2.73. The smallest absolute Gasteiger partial charge is 0.316 e. The normalized spacial score (nSPS) is 12.9. The topological polar surface area (TPSA) is 43.4 Å². The van der Waals surface area contributed by atoms with E-state index in [0.717, 1.165) is 6.07 Å². The van der Waals surface area contributed by atoms with Crippen LogP contribution in [0, 0.1) is 11.7 Å². The lowest BCUT2D eigenvalue weighted by atomic mass is 9.99. The van der Waals surface area contributed by atoms with Gasteiger partial charge in [-0.25, -0.2) is 4.39 Å². The van der Waals surface area contributed by atoms with Crippen molar-refractivity contribution >= 4 is 23.4 Å². The fourth-order valence-corrected chi connectivity index (χ4v) is 1.76. The molecule has 1 rings (SSSR count). The molecule has 20 heavy (non-hydrogen) atoms. The van der Waals surface area contributed by atoms with Gasteiger partial charge in [0.15, 0.2) is 5.78 Å². The molecule has 0 fully saturated rings. The highest BCUT2D eigenvalue weighted by molar-refractivity contribution is 6.31. The Labute approximate surface area is 123 Å². The Morgan fingerprint density at radius 2 is 1.95 bits per heavy atom. The summed E-state index contributed by atoms with van der Waals surface area (Å²) >= 11 is 5.86. The van der Waals surface area contributed by atoms with Crippen molar-refractivity contribution in [3.63, 3.8) is 0 Å². The van der Waals surface area contributed by atoms with Crippen LogP contribution in [0.4, 0.5) is 4.39 Å². The molecule has 0 aliphatic carbocycles. The molecule has 0 radical (unpaired) electrons. The van der Waals surface area contributed by atoms with Crippen LogP contribution in [0.15, 0.2) is 18.2 Å². The maximum absolute atomic E-state index is 12.9. The Hall–Kier alpha value is -1.42. The number of carbonyl (C=O) groups excluding carboxylic acids is 2. The first kappa shape index (κ1) is 16.6. The van der Waals surface area contributed by atoms with Gasteiger partial charge in [0.25, 0.3) is 0 Å². The van der Waals surface area contributed by atoms with E-state index >= 15 is 0 Å². The molecule has 0 aliphatic heterocycles. The molecule has 0 aromatic heterocycles. The minimum absolute atomic E-state index is 0.0283. The molecule has 0 amide bonds. The number of Topliss-reactive ketones (excluding diaryl/α,β-unsaturated/α-hetero) is 1. The van der Waals surface area contributed by atoms with Gasteiger partial charge in [0.05, 0.1) is 0 Å². The van der Waals surface area contributed by atoms with Gasteiger partial charge in [-0.05, 0) is 45.4 Å². The summed E-state index contributed by atoms with van der Waals surface area (Å²) in [7, 11) is 0. The predicted molar refractivity (Wildman–Crippen MR) is 75.1 cm³/mol. The average Bonchev–Trinajstić information content (AvgIpc) is 2.29. The quantitative estimate of drug-likeness (QED) is 0.630. The molecule has 0 saturated heterocycles. The monoisotopic (exact) mass is 300 g/mol. The van der Waals surface area contributed by atoms with Gasteiger partial charge >= 0.3 is 5.97 Å². The van der Waals surface area contributed by atoms with Crippen LogP contribution in [0.5, 0.6) is 0 Å². The molecule has 0 aliphatic rings. The molecule has 0 saturated carbocycles. The van der Waals surface area contributed by atoms with Crippen LogP contribution in [0.2, 0.25) is 5.02 Å². The highest BCUT2D eigenvalue weighted by Crippen LogP contribution is 2.20. The highest BCUT2D eigenvalue weighted by Gasteiger charge is 2.27. The zero-order valence-electron chi connectivity index (χ0n) is 12.0. The van der Waals surface area contributed by atoms with Crippen molar-refractivity contribution in [2.45, 2.75) is 39.7 Å². The van der Waals surface area contributed by atoms with E-state index in [1.807, 2.05) is 0 Å². The predicted octanol–water partition coefficient (Wildman–Crippen LogP) is 3.57. The van der Waals surface area contributed by atoms with Crippen molar-refractivity contribution in [1.82, 2.24) is 0 Å². The number of hydrogen-bond acceptors (Lipinski definition) is 3. The molecule has 3 nitrogen and oxygen atoms in total. The Morgan fingerprint density at radius 3 is 2.45 bits per heavy atom.